The minimum Gasteiger partial charge on any atom is -0.483 e. The molecule has 1 aromatic heterocycles. The number of fused-ring (bicyclic) bond motifs is 9. The molecule has 2 aliphatic carbocycles. The average molecular weight is 775 g/mol. The van der Waals surface area contributed by atoms with Crippen LogP contribution < -0.4 is 19.8 Å². The van der Waals surface area contributed by atoms with E-state index in [2.05, 4.69) is 26.2 Å². The Labute approximate surface area is 304 Å². The lowest BCUT2D eigenvalue weighted by Gasteiger charge is -2.43. The molecule has 2 aliphatic heterocycles. The highest BCUT2D eigenvalue weighted by molar-refractivity contribution is 9.10. The summed E-state index contributed by atoms with van der Waals surface area (Å²) in [4.78, 5) is 71.1. The number of anilines is 2. The Bertz CT molecular complexity index is 2100. The van der Waals surface area contributed by atoms with Gasteiger partial charge >= 0.3 is 10.8 Å². The zero-order chi connectivity index (χ0) is 34.8. The maximum absolute atomic E-state index is 14.1. The Morgan fingerprint density at radius 1 is 0.980 bits per heavy atom. The number of esters is 1. The topological polar surface area (TPSA) is 135 Å². The number of aryl methyl sites for hydroxylation is 1. The Hall–Kier alpha value is -4.20. The van der Waals surface area contributed by atoms with Crippen molar-refractivity contribution in [2.75, 3.05) is 23.4 Å². The molecule has 7 atom stereocenters. The minimum atomic E-state index is -0.437. The lowest BCUT2D eigenvalue weighted by Crippen LogP contribution is -2.42. The molecule has 1 saturated heterocycles. The van der Waals surface area contributed by atoms with E-state index in [9.17, 15) is 24.0 Å². The molecule has 256 valence electrons. The van der Waals surface area contributed by atoms with Crippen LogP contribution in [0.15, 0.2) is 81.0 Å². The molecule has 50 heavy (non-hydrogen) atoms. The van der Waals surface area contributed by atoms with Gasteiger partial charge in [0.15, 0.2) is 6.61 Å². The van der Waals surface area contributed by atoms with Crippen molar-refractivity contribution in [3.8, 4) is 5.75 Å². The summed E-state index contributed by atoms with van der Waals surface area (Å²) in [5.74, 6) is -1.87. The molecule has 4 aromatic rings. The van der Waals surface area contributed by atoms with Crippen molar-refractivity contribution in [3.05, 3.63) is 102 Å². The van der Waals surface area contributed by atoms with Gasteiger partial charge in [0.1, 0.15) is 5.75 Å². The molecule has 4 aliphatic rings. The standard InChI is InChI=1S/C37H32BrN3O7S2/c1-3-47-36(45)18-6-9-20(10-7-18)39-26(42)16-48-25-13-8-19(38)14-22(25)27-28-23-15-24(31(28)49-33-32(27)50-37(46)40-33)30-29(23)34(43)41(35(30)44)21-11-4-17(2)5-12-21/h4-14,23-24,27-31H,3,15-16H2,1-2H3,(H,39,42)(H,40,46)/t23?,24?,27-,28?,29?,30?,31?/m1/s1. The number of rotatable bonds is 8. The van der Waals surface area contributed by atoms with E-state index in [0.717, 1.165) is 43.3 Å². The predicted octanol–water partition coefficient (Wildman–Crippen LogP) is 6.38. The molecule has 13 heteroatoms. The van der Waals surface area contributed by atoms with Gasteiger partial charge in [0.2, 0.25) is 11.8 Å². The molecule has 6 unspecified atom stereocenters. The number of imide groups is 1. The first-order valence-electron chi connectivity index (χ1n) is 16.5. The summed E-state index contributed by atoms with van der Waals surface area (Å²) in [6.45, 7) is 3.69. The fraction of sp³-hybridized carbons (Fsp3) is 0.324. The molecular formula is C37H32BrN3O7S2. The summed E-state index contributed by atoms with van der Waals surface area (Å²) in [6.07, 6.45) is 0.758. The second kappa shape index (κ2) is 12.8. The van der Waals surface area contributed by atoms with Gasteiger partial charge in [0, 0.05) is 31.8 Å². The highest BCUT2D eigenvalue weighted by Crippen LogP contribution is 2.69. The second-order valence-electron chi connectivity index (χ2n) is 13.1. The van der Waals surface area contributed by atoms with Gasteiger partial charge in [-0.3, -0.25) is 24.1 Å². The van der Waals surface area contributed by atoms with Crippen molar-refractivity contribution in [2.45, 2.75) is 36.5 Å². The number of thiazole rings is 1. The monoisotopic (exact) mass is 773 g/mol. The van der Waals surface area contributed by atoms with Gasteiger partial charge in [-0.1, -0.05) is 45.0 Å². The smallest absolute Gasteiger partial charge is 0.338 e. The van der Waals surface area contributed by atoms with Crippen molar-refractivity contribution in [3.63, 3.8) is 0 Å². The van der Waals surface area contributed by atoms with E-state index in [-0.39, 0.29) is 64.7 Å². The third-order valence-corrected chi connectivity index (χ3v) is 13.4. The van der Waals surface area contributed by atoms with Crippen molar-refractivity contribution in [1.29, 1.82) is 0 Å². The van der Waals surface area contributed by atoms with Crippen molar-refractivity contribution in [1.82, 2.24) is 4.98 Å². The van der Waals surface area contributed by atoms with E-state index < -0.39 is 17.8 Å². The Kier molecular flexibility index (Phi) is 8.47. The van der Waals surface area contributed by atoms with Crippen LogP contribution in [0.4, 0.5) is 11.4 Å². The SMILES string of the molecule is CCOC(=O)c1ccc(NC(=O)COc2ccc(Br)cc2[C@H]2c3sc(=O)[nH]c3SC3C4CC(C5C(=O)N(c6ccc(C)cc6)C(=O)C45)C32)cc1. The predicted molar refractivity (Wildman–Crippen MR) is 193 cm³/mol. The van der Waals surface area contributed by atoms with Gasteiger partial charge in [-0.2, -0.15) is 0 Å². The number of carbonyl (C=O) groups is 4. The highest BCUT2D eigenvalue weighted by Gasteiger charge is 2.69. The van der Waals surface area contributed by atoms with E-state index in [1.807, 2.05) is 49.4 Å². The van der Waals surface area contributed by atoms with Gasteiger partial charge < -0.3 is 19.8 Å². The zero-order valence-corrected chi connectivity index (χ0v) is 30.2. The molecular weight excluding hydrogens is 742 g/mol. The highest BCUT2D eigenvalue weighted by atomic mass is 79.9. The van der Waals surface area contributed by atoms with Gasteiger partial charge in [-0.15, -0.1) is 11.8 Å². The molecule has 3 fully saturated rings. The summed E-state index contributed by atoms with van der Waals surface area (Å²) in [6, 6.07) is 19.5. The lowest BCUT2D eigenvalue weighted by atomic mass is 9.68. The number of nitrogens with zero attached hydrogens (tertiary/aromatic N) is 1. The molecule has 2 N–H and O–H groups in total. The molecule has 0 radical (unpaired) electrons. The average Bonchev–Trinajstić information content (AvgIpc) is 3.84. The van der Waals surface area contributed by atoms with Crippen LogP contribution in [0.1, 0.15) is 45.6 Å². The first-order chi connectivity index (χ1) is 24.1. The normalized spacial score (nSPS) is 26.0. The van der Waals surface area contributed by atoms with Crippen LogP contribution in [0.2, 0.25) is 0 Å². The first-order valence-corrected chi connectivity index (χ1v) is 18.9. The molecule has 10 nitrogen and oxygen atoms in total. The first kappa shape index (κ1) is 33.0. The largest absolute Gasteiger partial charge is 0.483 e. The van der Waals surface area contributed by atoms with Crippen LogP contribution in [0.25, 0.3) is 0 Å². The molecule has 3 amide bonds. The Morgan fingerprint density at radius 3 is 2.42 bits per heavy atom. The van der Waals surface area contributed by atoms with E-state index in [4.69, 9.17) is 9.47 Å². The molecule has 2 saturated carbocycles. The third kappa shape index (κ3) is 5.50. The number of thioether (sulfide) groups is 1. The number of carbonyl (C=O) groups excluding carboxylic acids is 4. The van der Waals surface area contributed by atoms with Crippen molar-refractivity contribution < 1.29 is 28.7 Å². The fourth-order valence-corrected chi connectivity index (χ4v) is 11.7. The van der Waals surface area contributed by atoms with Gasteiger partial charge in [0.05, 0.1) is 34.7 Å². The summed E-state index contributed by atoms with van der Waals surface area (Å²) in [5.41, 5.74) is 3.35. The van der Waals surface area contributed by atoms with Crippen LogP contribution in [-0.2, 0) is 19.1 Å². The van der Waals surface area contributed by atoms with Crippen LogP contribution >= 0.6 is 39.0 Å². The number of H-pyrrole nitrogens is 1. The number of ether oxygens (including phenoxy) is 2. The number of aromatic amines is 1. The quantitative estimate of drug-likeness (QED) is 0.156. The van der Waals surface area contributed by atoms with Crippen LogP contribution in [0.3, 0.4) is 0 Å². The number of aromatic nitrogens is 1. The number of hydrogen-bond donors (Lipinski definition) is 2. The molecule has 3 aromatic carbocycles. The zero-order valence-electron chi connectivity index (χ0n) is 27.0. The Balaban J connectivity index is 1.08. The number of hydrogen-bond acceptors (Lipinski definition) is 9. The number of halogens is 1. The molecule has 0 spiro atoms. The summed E-state index contributed by atoms with van der Waals surface area (Å²) < 4.78 is 12.0. The van der Waals surface area contributed by atoms with Gasteiger partial charge in [-0.05, 0) is 92.6 Å². The van der Waals surface area contributed by atoms with Crippen molar-refractivity contribution >= 4 is 74.1 Å². The number of nitrogens with one attached hydrogen (secondary N) is 2. The summed E-state index contributed by atoms with van der Waals surface area (Å²) in [5, 5.41) is 3.60. The minimum absolute atomic E-state index is 0.00595. The van der Waals surface area contributed by atoms with E-state index in [1.165, 1.54) is 4.90 Å². The molecule has 8 rings (SSSR count). The fourth-order valence-electron chi connectivity index (χ4n) is 8.45. The number of amides is 3. The van der Waals surface area contributed by atoms with Crippen LogP contribution in [0, 0.1) is 36.5 Å². The van der Waals surface area contributed by atoms with Crippen LogP contribution in [-0.4, -0.2) is 47.1 Å². The summed E-state index contributed by atoms with van der Waals surface area (Å²) in [7, 11) is 0. The van der Waals surface area contributed by atoms with Crippen LogP contribution in [0.5, 0.6) is 5.75 Å². The Morgan fingerprint density at radius 2 is 1.70 bits per heavy atom. The summed E-state index contributed by atoms with van der Waals surface area (Å²) >= 11 is 6.42. The molecule has 3 heterocycles. The van der Waals surface area contributed by atoms with E-state index in [1.54, 1.807) is 43.0 Å². The maximum Gasteiger partial charge on any atom is 0.338 e. The number of benzene rings is 3. The molecule has 2 bridgehead atoms. The lowest BCUT2D eigenvalue weighted by molar-refractivity contribution is -0.123. The second-order valence-corrected chi connectivity index (χ2v) is 16.2. The van der Waals surface area contributed by atoms with Crippen molar-refractivity contribution in [2.24, 2.45) is 29.6 Å². The van der Waals surface area contributed by atoms with Gasteiger partial charge in [-0.25, -0.2) is 4.79 Å². The maximum atomic E-state index is 14.1. The third-order valence-electron chi connectivity index (χ3n) is 10.4. The van der Waals surface area contributed by atoms with E-state index in [0.29, 0.717) is 22.7 Å². The van der Waals surface area contributed by atoms with Gasteiger partial charge in [0.25, 0.3) is 5.91 Å². The van der Waals surface area contributed by atoms with E-state index >= 15 is 0 Å².